The highest BCUT2D eigenvalue weighted by atomic mass is 32.1. The van der Waals surface area contributed by atoms with Crippen LogP contribution in [-0.2, 0) is 0 Å². The Balaban J connectivity index is 3.75. The van der Waals surface area contributed by atoms with Gasteiger partial charge >= 0.3 is 0 Å². The van der Waals surface area contributed by atoms with E-state index in [0.29, 0.717) is 6.04 Å². The zero-order valence-electron chi connectivity index (χ0n) is 8.55. The van der Waals surface area contributed by atoms with Crippen LogP contribution in [0.1, 0.15) is 33.6 Å². The summed E-state index contributed by atoms with van der Waals surface area (Å²) in [6.45, 7) is 7.46. The van der Waals surface area contributed by atoms with E-state index in [1.54, 1.807) is 0 Å². The molecule has 0 aromatic heterocycles. The Kier molecular flexibility index (Phi) is 6.07. The highest BCUT2D eigenvalue weighted by molar-refractivity contribution is 7.80. The lowest BCUT2D eigenvalue weighted by Crippen LogP contribution is -2.42. The largest absolute Gasteiger partial charge is 0.363 e. The summed E-state index contributed by atoms with van der Waals surface area (Å²) < 4.78 is 0. The Bertz CT molecular complexity index is 136. The zero-order valence-corrected chi connectivity index (χ0v) is 9.37. The first-order valence-electron chi connectivity index (χ1n) is 4.64. The SMILES string of the molecule is CCCNC(=S)N(C)C(C)CC. The van der Waals surface area contributed by atoms with Gasteiger partial charge in [0.1, 0.15) is 0 Å². The summed E-state index contributed by atoms with van der Waals surface area (Å²) in [7, 11) is 2.04. The minimum absolute atomic E-state index is 0.529. The molecule has 0 radical (unpaired) electrons. The van der Waals surface area contributed by atoms with E-state index < -0.39 is 0 Å². The smallest absolute Gasteiger partial charge is 0.168 e. The molecule has 0 aromatic carbocycles. The number of rotatable bonds is 4. The second kappa shape index (κ2) is 6.23. The van der Waals surface area contributed by atoms with Crippen molar-refractivity contribution >= 4 is 17.3 Å². The van der Waals surface area contributed by atoms with Crippen LogP contribution in [0.2, 0.25) is 0 Å². The van der Waals surface area contributed by atoms with Gasteiger partial charge < -0.3 is 10.2 Å². The number of nitrogens with zero attached hydrogens (tertiary/aromatic N) is 1. The van der Waals surface area contributed by atoms with Gasteiger partial charge in [-0.05, 0) is 32.0 Å². The van der Waals surface area contributed by atoms with Crippen LogP contribution >= 0.6 is 12.2 Å². The van der Waals surface area contributed by atoms with Gasteiger partial charge in [-0.15, -0.1) is 0 Å². The summed E-state index contributed by atoms with van der Waals surface area (Å²) in [6.07, 6.45) is 2.25. The Morgan fingerprint density at radius 1 is 1.50 bits per heavy atom. The molecule has 0 fully saturated rings. The van der Waals surface area contributed by atoms with E-state index in [0.717, 1.165) is 24.5 Å². The average Bonchev–Trinajstić information content (AvgIpc) is 2.11. The van der Waals surface area contributed by atoms with Gasteiger partial charge in [-0.25, -0.2) is 0 Å². The molecule has 1 atom stereocenters. The second-order valence-corrected chi connectivity index (χ2v) is 3.49. The highest BCUT2D eigenvalue weighted by Crippen LogP contribution is 1.99. The van der Waals surface area contributed by atoms with Gasteiger partial charge in [0.25, 0.3) is 0 Å². The molecule has 0 aliphatic heterocycles. The fourth-order valence-corrected chi connectivity index (χ4v) is 1.11. The van der Waals surface area contributed by atoms with Gasteiger partial charge in [0.15, 0.2) is 5.11 Å². The fraction of sp³-hybridized carbons (Fsp3) is 0.889. The first kappa shape index (κ1) is 11.7. The molecule has 0 spiro atoms. The van der Waals surface area contributed by atoms with Gasteiger partial charge in [0, 0.05) is 19.6 Å². The maximum absolute atomic E-state index is 5.20. The average molecular weight is 188 g/mol. The summed E-state index contributed by atoms with van der Waals surface area (Å²) in [5.41, 5.74) is 0. The van der Waals surface area contributed by atoms with Crippen molar-refractivity contribution in [2.24, 2.45) is 0 Å². The Morgan fingerprint density at radius 3 is 2.50 bits per heavy atom. The molecule has 0 aliphatic rings. The fourth-order valence-electron chi connectivity index (χ4n) is 0.831. The second-order valence-electron chi connectivity index (χ2n) is 3.10. The van der Waals surface area contributed by atoms with Gasteiger partial charge in [-0.2, -0.15) is 0 Å². The standard InChI is InChI=1S/C9H20N2S/c1-5-7-10-9(12)11(4)8(3)6-2/h8H,5-7H2,1-4H3,(H,10,12). The predicted molar refractivity (Wildman–Crippen MR) is 58.4 cm³/mol. The molecule has 0 aliphatic carbocycles. The zero-order chi connectivity index (χ0) is 9.56. The molecule has 12 heavy (non-hydrogen) atoms. The predicted octanol–water partition coefficient (Wildman–Crippen LogP) is 2.00. The molecule has 2 nitrogen and oxygen atoms in total. The molecule has 0 saturated heterocycles. The van der Waals surface area contributed by atoms with Gasteiger partial charge in [0.05, 0.1) is 0 Å². The van der Waals surface area contributed by atoms with Crippen LogP contribution in [0.25, 0.3) is 0 Å². The Hall–Kier alpha value is -0.310. The lowest BCUT2D eigenvalue weighted by Gasteiger charge is -2.26. The molecule has 72 valence electrons. The topological polar surface area (TPSA) is 15.3 Å². The van der Waals surface area contributed by atoms with Crippen LogP contribution in [0, 0.1) is 0 Å². The molecule has 0 saturated carbocycles. The summed E-state index contributed by atoms with van der Waals surface area (Å²) in [6, 6.07) is 0.529. The normalized spacial score (nSPS) is 12.3. The van der Waals surface area contributed by atoms with Crippen molar-refractivity contribution in [2.75, 3.05) is 13.6 Å². The molecule has 0 amide bonds. The number of hydrogen-bond donors (Lipinski definition) is 1. The summed E-state index contributed by atoms with van der Waals surface area (Å²) in [5, 5.41) is 4.07. The van der Waals surface area contributed by atoms with Crippen molar-refractivity contribution in [1.29, 1.82) is 0 Å². The summed E-state index contributed by atoms with van der Waals surface area (Å²) in [5.74, 6) is 0. The van der Waals surface area contributed by atoms with Gasteiger partial charge in [-0.3, -0.25) is 0 Å². The first-order valence-corrected chi connectivity index (χ1v) is 5.04. The minimum Gasteiger partial charge on any atom is -0.363 e. The number of thiocarbonyl (C=S) groups is 1. The van der Waals surface area contributed by atoms with Crippen molar-refractivity contribution in [1.82, 2.24) is 10.2 Å². The monoisotopic (exact) mass is 188 g/mol. The molecule has 1 N–H and O–H groups in total. The van der Waals surface area contributed by atoms with E-state index in [4.69, 9.17) is 12.2 Å². The van der Waals surface area contributed by atoms with E-state index in [2.05, 4.69) is 31.0 Å². The molecule has 0 aromatic rings. The quantitative estimate of drug-likeness (QED) is 0.679. The van der Waals surface area contributed by atoms with Crippen LogP contribution in [0.4, 0.5) is 0 Å². The van der Waals surface area contributed by atoms with Crippen molar-refractivity contribution in [3.8, 4) is 0 Å². The third kappa shape index (κ3) is 3.90. The van der Waals surface area contributed by atoms with Crippen LogP contribution in [0.5, 0.6) is 0 Å². The van der Waals surface area contributed by atoms with Crippen molar-refractivity contribution in [3.63, 3.8) is 0 Å². The van der Waals surface area contributed by atoms with E-state index in [1.165, 1.54) is 0 Å². The molecule has 3 heteroatoms. The Labute approximate surface area is 81.3 Å². The maximum atomic E-state index is 5.20. The van der Waals surface area contributed by atoms with E-state index in [9.17, 15) is 0 Å². The van der Waals surface area contributed by atoms with E-state index >= 15 is 0 Å². The molecular weight excluding hydrogens is 168 g/mol. The molecule has 1 unspecified atom stereocenters. The first-order chi connectivity index (χ1) is 5.63. The molecule has 0 heterocycles. The molecule has 0 rings (SSSR count). The van der Waals surface area contributed by atoms with Gasteiger partial charge in [-0.1, -0.05) is 13.8 Å². The Morgan fingerprint density at radius 2 is 2.08 bits per heavy atom. The molecule has 0 bridgehead atoms. The minimum atomic E-state index is 0.529. The number of hydrogen-bond acceptors (Lipinski definition) is 1. The van der Waals surface area contributed by atoms with Crippen molar-refractivity contribution in [2.45, 2.75) is 39.7 Å². The van der Waals surface area contributed by atoms with Crippen molar-refractivity contribution < 1.29 is 0 Å². The van der Waals surface area contributed by atoms with Crippen LogP contribution in [0.15, 0.2) is 0 Å². The van der Waals surface area contributed by atoms with Crippen LogP contribution in [0.3, 0.4) is 0 Å². The van der Waals surface area contributed by atoms with E-state index in [-0.39, 0.29) is 0 Å². The van der Waals surface area contributed by atoms with Gasteiger partial charge in [0.2, 0.25) is 0 Å². The van der Waals surface area contributed by atoms with Crippen LogP contribution in [-0.4, -0.2) is 29.6 Å². The highest BCUT2D eigenvalue weighted by Gasteiger charge is 2.08. The summed E-state index contributed by atoms with van der Waals surface area (Å²) in [4.78, 5) is 2.12. The third-order valence-corrected chi connectivity index (χ3v) is 2.53. The van der Waals surface area contributed by atoms with E-state index in [1.807, 2.05) is 7.05 Å². The summed E-state index contributed by atoms with van der Waals surface area (Å²) >= 11 is 5.20. The number of nitrogens with one attached hydrogen (secondary N) is 1. The third-order valence-electron chi connectivity index (χ3n) is 2.10. The molecular formula is C9H20N2S. The maximum Gasteiger partial charge on any atom is 0.168 e. The lowest BCUT2D eigenvalue weighted by molar-refractivity contribution is 0.375. The van der Waals surface area contributed by atoms with Crippen LogP contribution < -0.4 is 5.32 Å². The lowest BCUT2D eigenvalue weighted by atomic mass is 10.2. The van der Waals surface area contributed by atoms with Crippen molar-refractivity contribution in [3.05, 3.63) is 0 Å².